The number of carbonyl (C=O) groups excluding carboxylic acids is 1. The van der Waals surface area contributed by atoms with Crippen LogP contribution in [0.25, 0.3) is 32.9 Å². The van der Waals surface area contributed by atoms with Crippen molar-refractivity contribution in [1.82, 2.24) is 4.98 Å². The first-order valence-corrected chi connectivity index (χ1v) is 8.32. The Hall–Kier alpha value is -3.20. The molecule has 3 aromatic carbocycles. The van der Waals surface area contributed by atoms with Crippen molar-refractivity contribution in [2.24, 2.45) is 0 Å². The largest absolute Gasteiger partial charge is 0.462 e. The molecule has 1 aromatic heterocycles. The lowest BCUT2D eigenvalue weighted by atomic mass is 10.0. The van der Waals surface area contributed by atoms with Crippen LogP contribution in [0.5, 0.6) is 0 Å². The zero-order valence-electron chi connectivity index (χ0n) is 13.9. The number of aromatic nitrogens is 1. The van der Waals surface area contributed by atoms with Crippen molar-refractivity contribution < 1.29 is 9.53 Å². The van der Waals surface area contributed by atoms with Gasteiger partial charge in [0.1, 0.15) is 0 Å². The predicted molar refractivity (Wildman–Crippen MR) is 101 cm³/mol. The van der Waals surface area contributed by atoms with Crippen molar-refractivity contribution >= 4 is 27.6 Å². The van der Waals surface area contributed by atoms with Crippen molar-refractivity contribution in [2.75, 3.05) is 6.61 Å². The van der Waals surface area contributed by atoms with Crippen LogP contribution in [0.3, 0.4) is 0 Å². The van der Waals surface area contributed by atoms with E-state index in [0.29, 0.717) is 12.2 Å². The average Bonchev–Trinajstić information content (AvgIpc) is 2.67. The summed E-state index contributed by atoms with van der Waals surface area (Å²) in [5.41, 5.74) is 3.09. The summed E-state index contributed by atoms with van der Waals surface area (Å²) in [5.74, 6) is -0.317. The van der Waals surface area contributed by atoms with Gasteiger partial charge in [-0.25, -0.2) is 9.78 Å². The number of hydrogen-bond acceptors (Lipinski definition) is 3. The average molecular weight is 327 g/mol. The summed E-state index contributed by atoms with van der Waals surface area (Å²) in [7, 11) is 0. The van der Waals surface area contributed by atoms with Gasteiger partial charge in [0.05, 0.1) is 23.4 Å². The van der Waals surface area contributed by atoms with Gasteiger partial charge in [0, 0.05) is 10.9 Å². The summed E-state index contributed by atoms with van der Waals surface area (Å²) in [6.07, 6.45) is 0. The molecule has 3 nitrogen and oxygen atoms in total. The van der Waals surface area contributed by atoms with Gasteiger partial charge in [0.15, 0.2) is 0 Å². The number of esters is 1. The Morgan fingerprint density at radius 1 is 0.920 bits per heavy atom. The van der Waals surface area contributed by atoms with E-state index in [0.717, 1.165) is 27.5 Å². The molecular weight excluding hydrogens is 310 g/mol. The molecule has 0 N–H and O–H groups in total. The molecule has 0 spiro atoms. The number of pyridine rings is 1. The van der Waals surface area contributed by atoms with Gasteiger partial charge < -0.3 is 4.74 Å². The van der Waals surface area contributed by atoms with Crippen LogP contribution in [0.2, 0.25) is 0 Å². The fourth-order valence-electron chi connectivity index (χ4n) is 3.05. The van der Waals surface area contributed by atoms with Crippen molar-refractivity contribution in [3.63, 3.8) is 0 Å². The third-order valence-electron chi connectivity index (χ3n) is 4.26. The van der Waals surface area contributed by atoms with Gasteiger partial charge in [-0.3, -0.25) is 0 Å². The predicted octanol–water partition coefficient (Wildman–Crippen LogP) is 5.23. The highest BCUT2D eigenvalue weighted by Crippen LogP contribution is 2.27. The van der Waals surface area contributed by atoms with E-state index in [4.69, 9.17) is 9.72 Å². The zero-order valence-corrected chi connectivity index (χ0v) is 13.9. The van der Waals surface area contributed by atoms with E-state index in [9.17, 15) is 4.79 Å². The van der Waals surface area contributed by atoms with Crippen molar-refractivity contribution in [2.45, 2.75) is 6.92 Å². The maximum atomic E-state index is 12.4. The van der Waals surface area contributed by atoms with Crippen LogP contribution in [0.4, 0.5) is 0 Å². The van der Waals surface area contributed by atoms with E-state index < -0.39 is 0 Å². The van der Waals surface area contributed by atoms with Crippen LogP contribution in [0.1, 0.15) is 17.3 Å². The molecule has 0 aliphatic heterocycles. The first kappa shape index (κ1) is 15.3. The summed E-state index contributed by atoms with van der Waals surface area (Å²) in [4.78, 5) is 17.2. The molecule has 25 heavy (non-hydrogen) atoms. The Bertz CT molecular complexity index is 1090. The lowest BCUT2D eigenvalue weighted by Crippen LogP contribution is -2.06. The number of para-hydroxylation sites is 1. The normalized spacial score (nSPS) is 10.9. The SMILES string of the molecule is CCOC(=O)c1cc(-c2ccc3ccccc3c2)nc2ccccc12. The molecule has 0 unspecified atom stereocenters. The number of carbonyl (C=O) groups is 1. The molecule has 4 aromatic rings. The summed E-state index contributed by atoms with van der Waals surface area (Å²) in [6.45, 7) is 2.16. The highest BCUT2D eigenvalue weighted by atomic mass is 16.5. The topological polar surface area (TPSA) is 39.2 Å². The molecule has 0 fully saturated rings. The van der Waals surface area contributed by atoms with Crippen molar-refractivity contribution in [3.8, 4) is 11.3 Å². The van der Waals surface area contributed by atoms with E-state index in [-0.39, 0.29) is 5.97 Å². The van der Waals surface area contributed by atoms with Gasteiger partial charge in [-0.05, 0) is 35.9 Å². The van der Waals surface area contributed by atoms with E-state index in [1.54, 1.807) is 0 Å². The molecule has 0 saturated heterocycles. The van der Waals surface area contributed by atoms with Crippen LogP contribution in [-0.4, -0.2) is 17.6 Å². The third-order valence-corrected chi connectivity index (χ3v) is 4.26. The van der Waals surface area contributed by atoms with E-state index in [2.05, 4.69) is 24.3 Å². The highest BCUT2D eigenvalue weighted by Gasteiger charge is 2.14. The number of rotatable bonds is 3. The van der Waals surface area contributed by atoms with Crippen LogP contribution < -0.4 is 0 Å². The Kier molecular flexibility index (Phi) is 3.90. The zero-order chi connectivity index (χ0) is 17.2. The van der Waals surface area contributed by atoms with E-state index in [1.165, 1.54) is 5.39 Å². The summed E-state index contributed by atoms with van der Waals surface area (Å²) < 4.78 is 5.23. The van der Waals surface area contributed by atoms with E-state index >= 15 is 0 Å². The lowest BCUT2D eigenvalue weighted by molar-refractivity contribution is 0.0528. The Balaban J connectivity index is 1.92. The number of nitrogens with zero attached hydrogens (tertiary/aromatic N) is 1. The van der Waals surface area contributed by atoms with Gasteiger partial charge in [-0.1, -0.05) is 54.6 Å². The van der Waals surface area contributed by atoms with Gasteiger partial charge >= 0.3 is 5.97 Å². The quantitative estimate of drug-likeness (QED) is 0.484. The lowest BCUT2D eigenvalue weighted by Gasteiger charge is -2.10. The highest BCUT2D eigenvalue weighted by molar-refractivity contribution is 6.04. The minimum absolute atomic E-state index is 0.317. The summed E-state index contributed by atoms with van der Waals surface area (Å²) in [5, 5.41) is 3.13. The number of benzene rings is 3. The Morgan fingerprint density at radius 3 is 2.52 bits per heavy atom. The monoisotopic (exact) mass is 327 g/mol. The van der Waals surface area contributed by atoms with Crippen LogP contribution in [-0.2, 0) is 4.74 Å². The molecule has 0 aliphatic carbocycles. The fraction of sp³-hybridized carbons (Fsp3) is 0.0909. The standard InChI is InChI=1S/C22H17NO2/c1-2-25-22(24)19-14-21(23-20-10-6-5-9-18(19)20)17-12-11-15-7-3-4-8-16(15)13-17/h3-14H,2H2,1H3. The van der Waals surface area contributed by atoms with Crippen LogP contribution in [0.15, 0.2) is 72.8 Å². The minimum atomic E-state index is -0.317. The Labute approximate surface area is 145 Å². The Morgan fingerprint density at radius 2 is 1.68 bits per heavy atom. The molecule has 0 bridgehead atoms. The molecule has 0 amide bonds. The molecule has 0 atom stereocenters. The molecule has 0 radical (unpaired) electrons. The molecule has 3 heteroatoms. The van der Waals surface area contributed by atoms with Gasteiger partial charge in [0.2, 0.25) is 0 Å². The molecule has 1 heterocycles. The second-order valence-corrected chi connectivity index (χ2v) is 5.85. The van der Waals surface area contributed by atoms with Crippen molar-refractivity contribution in [1.29, 1.82) is 0 Å². The molecule has 4 rings (SSSR count). The third kappa shape index (κ3) is 2.85. The fourth-order valence-corrected chi connectivity index (χ4v) is 3.05. The molecular formula is C22H17NO2. The van der Waals surface area contributed by atoms with Gasteiger partial charge in [-0.15, -0.1) is 0 Å². The second kappa shape index (κ2) is 6.36. The minimum Gasteiger partial charge on any atom is -0.462 e. The number of ether oxygens (including phenoxy) is 1. The van der Waals surface area contributed by atoms with Crippen molar-refractivity contribution in [3.05, 3.63) is 78.4 Å². The first-order chi connectivity index (χ1) is 12.3. The second-order valence-electron chi connectivity index (χ2n) is 5.85. The maximum absolute atomic E-state index is 12.4. The maximum Gasteiger partial charge on any atom is 0.338 e. The molecule has 122 valence electrons. The smallest absolute Gasteiger partial charge is 0.338 e. The van der Waals surface area contributed by atoms with Crippen LogP contribution in [0, 0.1) is 0 Å². The number of fused-ring (bicyclic) bond motifs is 2. The summed E-state index contributed by atoms with van der Waals surface area (Å²) >= 11 is 0. The van der Waals surface area contributed by atoms with E-state index in [1.807, 2.05) is 55.5 Å². The van der Waals surface area contributed by atoms with Gasteiger partial charge in [0.25, 0.3) is 0 Å². The molecule has 0 aliphatic rings. The number of hydrogen-bond donors (Lipinski definition) is 0. The van der Waals surface area contributed by atoms with Crippen LogP contribution >= 0.6 is 0 Å². The summed E-state index contributed by atoms with van der Waals surface area (Å²) in [6, 6.07) is 23.9. The van der Waals surface area contributed by atoms with Gasteiger partial charge in [-0.2, -0.15) is 0 Å². The molecule has 0 saturated carbocycles. The first-order valence-electron chi connectivity index (χ1n) is 8.32.